The van der Waals surface area contributed by atoms with E-state index in [1.807, 2.05) is 38.1 Å². The molecule has 2 aromatic carbocycles. The van der Waals surface area contributed by atoms with E-state index < -0.39 is 47.9 Å². The molecule has 0 bridgehead atoms. The van der Waals surface area contributed by atoms with Gasteiger partial charge < -0.3 is 36.5 Å². The molecule has 1 saturated heterocycles. The number of rotatable bonds is 12. The van der Waals surface area contributed by atoms with Crippen LogP contribution in [-0.2, 0) is 32.0 Å². The normalized spacial score (nSPS) is 17.1. The van der Waals surface area contributed by atoms with E-state index in [1.165, 1.54) is 17.0 Å². The highest BCUT2D eigenvalue weighted by molar-refractivity contribution is 5.95. The van der Waals surface area contributed by atoms with Gasteiger partial charge in [-0.05, 0) is 60.9 Å². The molecule has 3 aromatic rings. The van der Waals surface area contributed by atoms with E-state index >= 15 is 0 Å². The van der Waals surface area contributed by atoms with Gasteiger partial charge in [-0.1, -0.05) is 44.2 Å². The lowest BCUT2D eigenvalue weighted by atomic mass is 10.0. The van der Waals surface area contributed by atoms with Gasteiger partial charge in [0.2, 0.25) is 17.7 Å². The molecule has 4 atom stereocenters. The summed E-state index contributed by atoms with van der Waals surface area (Å²) in [5, 5.41) is 25.7. The maximum Gasteiger partial charge on any atom is 0.326 e. The minimum atomic E-state index is -1.18. The van der Waals surface area contributed by atoms with Gasteiger partial charge in [-0.25, -0.2) is 4.79 Å². The summed E-state index contributed by atoms with van der Waals surface area (Å²) in [5.41, 5.74) is 8.55. The number of fused-ring (bicyclic) bond motifs is 1. The van der Waals surface area contributed by atoms with Crippen molar-refractivity contribution in [3.63, 3.8) is 0 Å². The molecular formula is C31H39N5O6. The number of aliphatic carboxylic acids is 1. The highest BCUT2D eigenvalue weighted by atomic mass is 16.4. The average molecular weight is 578 g/mol. The highest BCUT2D eigenvalue weighted by Gasteiger charge is 2.39. The summed E-state index contributed by atoms with van der Waals surface area (Å²) in [6.07, 6.45) is 3.35. The Balaban J connectivity index is 1.43. The zero-order valence-electron chi connectivity index (χ0n) is 23.9. The van der Waals surface area contributed by atoms with Crippen LogP contribution in [0.3, 0.4) is 0 Å². The van der Waals surface area contributed by atoms with Gasteiger partial charge in [0.1, 0.15) is 23.9 Å². The Morgan fingerprint density at radius 3 is 2.43 bits per heavy atom. The molecule has 1 aliphatic rings. The van der Waals surface area contributed by atoms with Gasteiger partial charge in [0.15, 0.2) is 0 Å². The number of aromatic amines is 1. The third kappa shape index (κ3) is 7.47. The molecule has 1 aromatic heterocycles. The Bertz CT molecular complexity index is 1420. The second-order valence-corrected chi connectivity index (χ2v) is 11.3. The zero-order chi connectivity index (χ0) is 30.4. The molecule has 1 fully saturated rings. The first-order chi connectivity index (χ1) is 20.0. The molecule has 0 spiro atoms. The van der Waals surface area contributed by atoms with Gasteiger partial charge in [-0.3, -0.25) is 14.4 Å². The molecule has 2 heterocycles. The van der Waals surface area contributed by atoms with Crippen molar-refractivity contribution >= 4 is 34.6 Å². The monoisotopic (exact) mass is 577 g/mol. The number of nitrogens with one attached hydrogen (secondary N) is 3. The number of nitrogens with two attached hydrogens (primary N) is 1. The third-order valence-corrected chi connectivity index (χ3v) is 7.60. The number of aromatic nitrogens is 1. The van der Waals surface area contributed by atoms with Gasteiger partial charge in [-0.15, -0.1) is 0 Å². The number of carbonyl (C=O) groups excluding carboxylic acids is 3. The van der Waals surface area contributed by atoms with E-state index in [2.05, 4.69) is 15.6 Å². The van der Waals surface area contributed by atoms with E-state index in [0.717, 1.165) is 22.0 Å². The molecule has 4 unspecified atom stereocenters. The quantitative estimate of drug-likeness (QED) is 0.191. The van der Waals surface area contributed by atoms with Crippen LogP contribution < -0.4 is 16.4 Å². The van der Waals surface area contributed by atoms with Crippen LogP contribution in [0.2, 0.25) is 0 Å². The number of hydrogen-bond acceptors (Lipinski definition) is 6. The van der Waals surface area contributed by atoms with Crippen LogP contribution in [0.1, 0.15) is 44.2 Å². The molecule has 42 heavy (non-hydrogen) atoms. The van der Waals surface area contributed by atoms with E-state index in [9.17, 15) is 29.4 Å². The number of aromatic hydroxyl groups is 1. The van der Waals surface area contributed by atoms with Crippen molar-refractivity contribution in [1.82, 2.24) is 20.5 Å². The van der Waals surface area contributed by atoms with Crippen LogP contribution in [0.5, 0.6) is 5.75 Å². The number of phenols is 1. The number of H-pyrrole nitrogens is 1. The fourth-order valence-electron chi connectivity index (χ4n) is 5.44. The van der Waals surface area contributed by atoms with Crippen molar-refractivity contribution in [3.8, 4) is 5.75 Å². The summed E-state index contributed by atoms with van der Waals surface area (Å²) in [4.78, 5) is 56.8. The van der Waals surface area contributed by atoms with Crippen molar-refractivity contribution < 1.29 is 29.4 Å². The number of carboxylic acids is 1. The number of phenolic OH excluding ortho intramolecular Hbond substituents is 1. The predicted molar refractivity (Wildman–Crippen MR) is 157 cm³/mol. The Hall–Kier alpha value is -4.38. The molecule has 7 N–H and O–H groups in total. The fourth-order valence-corrected chi connectivity index (χ4v) is 5.44. The standard InChI is InChI=1S/C31H39N5O6/c1-18(2)14-25(34-28(38)23(32)15-19-9-11-21(37)12-10-19)30(40)36-13-5-8-27(36)29(39)35-26(31(41)42)16-20-17-33-24-7-4-3-6-22(20)24/h3-4,6-7,9-12,17-18,23,25-27,33,37H,5,8,13-16,32H2,1-2H3,(H,34,38)(H,35,39)(H,41,42). The topological polar surface area (TPSA) is 178 Å². The molecule has 4 rings (SSSR count). The minimum absolute atomic E-state index is 0.0648. The van der Waals surface area contributed by atoms with E-state index in [4.69, 9.17) is 5.73 Å². The van der Waals surface area contributed by atoms with Crippen molar-refractivity contribution in [2.45, 2.75) is 70.1 Å². The molecule has 0 radical (unpaired) electrons. The first-order valence-corrected chi connectivity index (χ1v) is 14.3. The van der Waals surface area contributed by atoms with Crippen LogP contribution in [0, 0.1) is 5.92 Å². The summed E-state index contributed by atoms with van der Waals surface area (Å²) < 4.78 is 0. The van der Waals surface area contributed by atoms with Crippen molar-refractivity contribution in [2.75, 3.05) is 6.54 Å². The van der Waals surface area contributed by atoms with Crippen LogP contribution in [0.15, 0.2) is 54.7 Å². The number of amides is 3. The van der Waals surface area contributed by atoms with E-state index in [0.29, 0.717) is 25.8 Å². The number of para-hydroxylation sites is 1. The Morgan fingerprint density at radius 1 is 1.02 bits per heavy atom. The average Bonchev–Trinajstić information content (AvgIpc) is 3.60. The SMILES string of the molecule is CC(C)CC(NC(=O)C(N)Cc1ccc(O)cc1)C(=O)N1CCCC1C(=O)NC(Cc1c[nH]c2ccccc12)C(=O)O. The lowest BCUT2D eigenvalue weighted by molar-refractivity contribution is -0.145. The van der Waals surface area contributed by atoms with Gasteiger partial charge in [-0.2, -0.15) is 0 Å². The maximum absolute atomic E-state index is 13.7. The summed E-state index contributed by atoms with van der Waals surface area (Å²) >= 11 is 0. The molecule has 0 aliphatic carbocycles. The van der Waals surface area contributed by atoms with Crippen LogP contribution in [-0.4, -0.2) is 74.5 Å². The predicted octanol–water partition coefficient (Wildman–Crippen LogP) is 2.08. The van der Waals surface area contributed by atoms with Crippen molar-refractivity contribution in [2.24, 2.45) is 11.7 Å². The number of hydrogen-bond donors (Lipinski definition) is 6. The number of carboxylic acid groups (broad SMARTS) is 1. The lowest BCUT2D eigenvalue weighted by Gasteiger charge is -2.30. The Morgan fingerprint density at radius 2 is 1.74 bits per heavy atom. The third-order valence-electron chi connectivity index (χ3n) is 7.60. The second-order valence-electron chi connectivity index (χ2n) is 11.3. The largest absolute Gasteiger partial charge is 0.508 e. The zero-order valence-corrected chi connectivity index (χ0v) is 23.9. The first-order valence-electron chi connectivity index (χ1n) is 14.3. The van der Waals surface area contributed by atoms with Crippen LogP contribution >= 0.6 is 0 Å². The minimum Gasteiger partial charge on any atom is -0.508 e. The molecule has 0 saturated carbocycles. The molecular weight excluding hydrogens is 538 g/mol. The number of likely N-dealkylation sites (tertiary alicyclic amines) is 1. The molecule has 224 valence electrons. The maximum atomic E-state index is 13.7. The summed E-state index contributed by atoms with van der Waals surface area (Å²) in [7, 11) is 0. The van der Waals surface area contributed by atoms with Crippen molar-refractivity contribution in [3.05, 3.63) is 65.9 Å². The lowest BCUT2D eigenvalue weighted by Crippen LogP contribution is -2.57. The molecule has 11 nitrogen and oxygen atoms in total. The number of benzene rings is 2. The molecule has 3 amide bonds. The van der Waals surface area contributed by atoms with Gasteiger partial charge in [0.05, 0.1) is 6.04 Å². The molecule has 1 aliphatic heterocycles. The van der Waals surface area contributed by atoms with E-state index in [1.54, 1.807) is 18.3 Å². The van der Waals surface area contributed by atoms with E-state index in [-0.39, 0.29) is 24.5 Å². The van der Waals surface area contributed by atoms with Gasteiger partial charge in [0, 0.05) is 30.1 Å². The summed E-state index contributed by atoms with van der Waals surface area (Å²) in [6, 6.07) is 10.1. The van der Waals surface area contributed by atoms with Gasteiger partial charge in [0.25, 0.3) is 0 Å². The first kappa shape index (κ1) is 30.6. The number of nitrogens with zero attached hydrogens (tertiary/aromatic N) is 1. The van der Waals surface area contributed by atoms with Crippen LogP contribution in [0.25, 0.3) is 10.9 Å². The van der Waals surface area contributed by atoms with Crippen molar-refractivity contribution in [1.29, 1.82) is 0 Å². The number of carbonyl (C=O) groups is 4. The van der Waals surface area contributed by atoms with Gasteiger partial charge >= 0.3 is 5.97 Å². The Kier molecular flexibility index (Phi) is 9.84. The van der Waals surface area contributed by atoms with Crippen LogP contribution in [0.4, 0.5) is 0 Å². The summed E-state index contributed by atoms with van der Waals surface area (Å²) in [6.45, 7) is 4.18. The summed E-state index contributed by atoms with van der Waals surface area (Å²) in [5.74, 6) is -2.42. The molecule has 11 heteroatoms. The smallest absolute Gasteiger partial charge is 0.326 e. The fraction of sp³-hybridized carbons (Fsp3) is 0.419. The Labute approximate surface area is 244 Å². The second kappa shape index (κ2) is 13.5. The highest BCUT2D eigenvalue weighted by Crippen LogP contribution is 2.22.